The fourth-order valence-corrected chi connectivity index (χ4v) is 1.34. The van der Waals surface area contributed by atoms with Crippen LogP contribution in [-0.4, -0.2) is 17.8 Å². The molecule has 0 fully saturated rings. The van der Waals surface area contributed by atoms with Crippen LogP contribution in [0, 0.1) is 0 Å². The summed E-state index contributed by atoms with van der Waals surface area (Å²) in [6.45, 7) is 0. The van der Waals surface area contributed by atoms with Crippen LogP contribution in [0.25, 0.3) is 0 Å². The second-order valence-electron chi connectivity index (χ2n) is 3.53. The maximum atomic E-state index is 10.5. The van der Waals surface area contributed by atoms with Crippen LogP contribution in [-0.2, 0) is 0 Å². The molecule has 0 aromatic heterocycles. The Morgan fingerprint density at radius 3 is 2.44 bits per heavy atom. The number of nitrogens with zero attached hydrogens (tertiary/aromatic N) is 1. The number of phenols is 1. The molecule has 0 saturated heterocycles. The van der Waals surface area contributed by atoms with Crippen molar-refractivity contribution < 1.29 is 14.6 Å². The fraction of sp³-hybridized carbons (Fsp3) is 0. The SMILES string of the molecule is O=Cc1ccc(OC=Nc2ccccc2O)cc1. The summed E-state index contributed by atoms with van der Waals surface area (Å²) in [7, 11) is 0. The zero-order valence-electron chi connectivity index (χ0n) is 9.48. The highest BCUT2D eigenvalue weighted by Gasteiger charge is 1.96. The van der Waals surface area contributed by atoms with Crippen LogP contribution >= 0.6 is 0 Å². The molecular formula is C14H11NO3. The van der Waals surface area contributed by atoms with E-state index in [0.717, 1.165) is 6.29 Å². The lowest BCUT2D eigenvalue weighted by atomic mass is 10.2. The van der Waals surface area contributed by atoms with Crippen LogP contribution in [0.15, 0.2) is 53.5 Å². The Morgan fingerprint density at radius 1 is 1.06 bits per heavy atom. The van der Waals surface area contributed by atoms with Crippen molar-refractivity contribution in [1.82, 2.24) is 0 Å². The van der Waals surface area contributed by atoms with E-state index in [0.29, 0.717) is 17.0 Å². The molecule has 0 aliphatic rings. The molecule has 90 valence electrons. The Bertz CT molecular complexity index is 562. The largest absolute Gasteiger partial charge is 0.506 e. The molecule has 18 heavy (non-hydrogen) atoms. The van der Waals surface area contributed by atoms with Crippen molar-refractivity contribution in [2.24, 2.45) is 4.99 Å². The minimum absolute atomic E-state index is 0.0913. The van der Waals surface area contributed by atoms with Crippen molar-refractivity contribution in [2.75, 3.05) is 0 Å². The smallest absolute Gasteiger partial charge is 0.181 e. The van der Waals surface area contributed by atoms with Gasteiger partial charge in [-0.25, -0.2) is 4.99 Å². The van der Waals surface area contributed by atoms with Gasteiger partial charge in [-0.15, -0.1) is 0 Å². The topological polar surface area (TPSA) is 58.9 Å². The number of benzene rings is 2. The number of ether oxygens (including phenoxy) is 1. The first-order valence-corrected chi connectivity index (χ1v) is 5.32. The summed E-state index contributed by atoms with van der Waals surface area (Å²) < 4.78 is 5.25. The first-order chi connectivity index (χ1) is 8.79. The van der Waals surface area contributed by atoms with Crippen molar-refractivity contribution in [3.8, 4) is 11.5 Å². The van der Waals surface area contributed by atoms with Gasteiger partial charge in [-0.1, -0.05) is 12.1 Å². The highest BCUT2D eigenvalue weighted by Crippen LogP contribution is 2.24. The average molecular weight is 241 g/mol. The minimum Gasteiger partial charge on any atom is -0.506 e. The summed E-state index contributed by atoms with van der Waals surface area (Å²) in [6.07, 6.45) is 2.00. The number of aliphatic imine (C=N–C) groups is 1. The molecule has 0 aliphatic carbocycles. The molecule has 0 amide bonds. The standard InChI is InChI=1S/C14H11NO3/c16-9-11-5-7-12(8-6-11)18-10-15-13-3-1-2-4-14(13)17/h1-10,17H. The number of phenolic OH excluding ortho intramolecular Hbond substituents is 1. The number of aldehydes is 1. The Morgan fingerprint density at radius 2 is 1.78 bits per heavy atom. The average Bonchev–Trinajstić information content (AvgIpc) is 2.42. The molecule has 0 unspecified atom stereocenters. The Hall–Kier alpha value is -2.62. The Balaban J connectivity index is 2.02. The molecule has 2 aromatic carbocycles. The monoisotopic (exact) mass is 241 g/mol. The number of carbonyl (C=O) groups excluding carboxylic acids is 1. The summed E-state index contributed by atoms with van der Waals surface area (Å²) in [5.41, 5.74) is 1.02. The zero-order valence-corrected chi connectivity index (χ0v) is 9.48. The van der Waals surface area contributed by atoms with E-state index in [4.69, 9.17) is 4.74 Å². The van der Waals surface area contributed by atoms with E-state index in [2.05, 4.69) is 4.99 Å². The van der Waals surface area contributed by atoms with Crippen molar-refractivity contribution in [2.45, 2.75) is 0 Å². The lowest BCUT2D eigenvalue weighted by Gasteiger charge is -2.00. The van der Waals surface area contributed by atoms with Crippen LogP contribution < -0.4 is 4.74 Å². The molecule has 1 N–H and O–H groups in total. The van der Waals surface area contributed by atoms with Gasteiger partial charge < -0.3 is 9.84 Å². The molecule has 0 heterocycles. The van der Waals surface area contributed by atoms with Gasteiger partial charge in [0.05, 0.1) is 0 Å². The molecule has 0 saturated carbocycles. The van der Waals surface area contributed by atoms with Crippen molar-refractivity contribution >= 4 is 18.4 Å². The normalized spacial score (nSPS) is 10.4. The van der Waals surface area contributed by atoms with Gasteiger partial charge >= 0.3 is 0 Å². The van der Waals surface area contributed by atoms with E-state index in [1.807, 2.05) is 0 Å². The van der Waals surface area contributed by atoms with Crippen molar-refractivity contribution in [1.29, 1.82) is 0 Å². The molecule has 4 heteroatoms. The van der Waals surface area contributed by atoms with Crippen LogP contribution in [0.4, 0.5) is 5.69 Å². The number of hydrogen-bond acceptors (Lipinski definition) is 4. The third-order valence-electron chi connectivity index (χ3n) is 2.28. The van der Waals surface area contributed by atoms with Crippen LogP contribution in [0.2, 0.25) is 0 Å². The first kappa shape index (κ1) is 11.9. The van der Waals surface area contributed by atoms with Crippen LogP contribution in [0.5, 0.6) is 11.5 Å². The molecule has 0 spiro atoms. The molecule has 0 aliphatic heterocycles. The number of rotatable bonds is 4. The molecular weight excluding hydrogens is 230 g/mol. The van der Waals surface area contributed by atoms with Crippen LogP contribution in [0.1, 0.15) is 10.4 Å². The van der Waals surface area contributed by atoms with E-state index in [1.54, 1.807) is 48.5 Å². The van der Waals surface area contributed by atoms with Gasteiger partial charge in [0.25, 0.3) is 0 Å². The van der Waals surface area contributed by atoms with Gasteiger partial charge in [-0.3, -0.25) is 4.79 Å². The van der Waals surface area contributed by atoms with Crippen molar-refractivity contribution in [3.05, 3.63) is 54.1 Å². The van der Waals surface area contributed by atoms with Gasteiger partial charge in [-0.05, 0) is 36.4 Å². The van der Waals surface area contributed by atoms with Crippen LogP contribution in [0.3, 0.4) is 0 Å². The Kier molecular flexibility index (Phi) is 3.71. The number of para-hydroxylation sites is 2. The van der Waals surface area contributed by atoms with Gasteiger partial charge in [0, 0.05) is 5.56 Å². The minimum atomic E-state index is 0.0913. The van der Waals surface area contributed by atoms with Gasteiger partial charge in [0.15, 0.2) is 6.40 Å². The fourth-order valence-electron chi connectivity index (χ4n) is 1.34. The van der Waals surface area contributed by atoms with Gasteiger partial charge in [0.1, 0.15) is 23.5 Å². The lowest BCUT2D eigenvalue weighted by molar-refractivity contribution is 0.112. The number of carbonyl (C=O) groups is 1. The maximum absolute atomic E-state index is 10.5. The van der Waals surface area contributed by atoms with E-state index in [1.165, 1.54) is 6.40 Å². The lowest BCUT2D eigenvalue weighted by Crippen LogP contribution is -1.89. The molecule has 0 radical (unpaired) electrons. The highest BCUT2D eigenvalue weighted by molar-refractivity contribution is 5.75. The second kappa shape index (κ2) is 5.63. The highest BCUT2D eigenvalue weighted by atomic mass is 16.5. The molecule has 0 bridgehead atoms. The number of aromatic hydroxyl groups is 1. The first-order valence-electron chi connectivity index (χ1n) is 5.32. The van der Waals surface area contributed by atoms with Gasteiger partial charge in [0.2, 0.25) is 0 Å². The molecule has 2 aromatic rings. The predicted octanol–water partition coefficient (Wildman–Crippen LogP) is 2.94. The number of hydrogen-bond donors (Lipinski definition) is 1. The summed E-state index contributed by atoms with van der Waals surface area (Å²) >= 11 is 0. The summed E-state index contributed by atoms with van der Waals surface area (Å²) in [5.74, 6) is 0.661. The summed E-state index contributed by atoms with van der Waals surface area (Å²) in [5, 5.41) is 9.47. The van der Waals surface area contributed by atoms with E-state index >= 15 is 0 Å². The van der Waals surface area contributed by atoms with Gasteiger partial charge in [-0.2, -0.15) is 0 Å². The third-order valence-corrected chi connectivity index (χ3v) is 2.28. The molecule has 2 rings (SSSR count). The maximum Gasteiger partial charge on any atom is 0.181 e. The summed E-state index contributed by atoms with van der Waals surface area (Å²) in [4.78, 5) is 14.4. The second-order valence-corrected chi connectivity index (χ2v) is 3.53. The predicted molar refractivity (Wildman–Crippen MR) is 68.7 cm³/mol. The quantitative estimate of drug-likeness (QED) is 0.508. The van der Waals surface area contributed by atoms with E-state index in [9.17, 15) is 9.90 Å². The summed E-state index contributed by atoms with van der Waals surface area (Å²) in [6, 6.07) is 13.3. The van der Waals surface area contributed by atoms with E-state index < -0.39 is 0 Å². The molecule has 0 atom stereocenters. The van der Waals surface area contributed by atoms with Crippen molar-refractivity contribution in [3.63, 3.8) is 0 Å². The third kappa shape index (κ3) is 2.95. The zero-order chi connectivity index (χ0) is 12.8. The molecule has 4 nitrogen and oxygen atoms in total. The Labute approximate surface area is 104 Å². The van der Waals surface area contributed by atoms with E-state index in [-0.39, 0.29) is 5.75 Å².